The first-order valence-corrected chi connectivity index (χ1v) is 8.71. The topological polar surface area (TPSA) is 61.8 Å². The van der Waals surface area contributed by atoms with Crippen molar-refractivity contribution in [3.05, 3.63) is 41.4 Å². The molecule has 1 fully saturated rings. The lowest BCUT2D eigenvalue weighted by Gasteiger charge is -2.38. The van der Waals surface area contributed by atoms with E-state index >= 15 is 0 Å². The minimum atomic E-state index is -0.464. The predicted molar refractivity (Wildman–Crippen MR) is 95.5 cm³/mol. The van der Waals surface area contributed by atoms with Crippen molar-refractivity contribution in [3.8, 4) is 5.75 Å². The summed E-state index contributed by atoms with van der Waals surface area (Å²) in [5.41, 5.74) is 0.731. The van der Waals surface area contributed by atoms with Crippen molar-refractivity contribution in [2.45, 2.75) is 0 Å². The van der Waals surface area contributed by atoms with Crippen LogP contribution in [0.4, 0.5) is 20.8 Å². The van der Waals surface area contributed by atoms with Crippen molar-refractivity contribution in [2.75, 3.05) is 49.1 Å². The lowest BCUT2D eigenvalue weighted by Crippen LogP contribution is -2.54. The molecule has 7 nitrogen and oxygen atoms in total. The zero-order chi connectivity index (χ0) is 18.1. The number of piperazine rings is 1. The molecule has 0 N–H and O–H groups in total. The molecule has 2 aromatic rings. The minimum absolute atomic E-state index is 0.0588. The summed E-state index contributed by atoms with van der Waals surface area (Å²) in [5.74, 6) is 0.633. The number of halogens is 2. The van der Waals surface area contributed by atoms with Gasteiger partial charge in [0.25, 0.3) is 0 Å². The SMILES string of the molecule is O=C(N1CCN(c2ncc(F)cn2)CC1)N1CCOc2cc(Cl)ccc21. The van der Waals surface area contributed by atoms with Crippen molar-refractivity contribution in [1.82, 2.24) is 14.9 Å². The Hall–Kier alpha value is -2.61. The molecule has 4 rings (SSSR count). The minimum Gasteiger partial charge on any atom is -0.489 e. The van der Waals surface area contributed by atoms with Gasteiger partial charge in [-0.2, -0.15) is 0 Å². The van der Waals surface area contributed by atoms with Gasteiger partial charge in [-0.1, -0.05) is 11.6 Å². The number of benzene rings is 1. The standard InChI is InChI=1S/C17H17ClFN5O2/c18-12-1-2-14-15(9-12)26-8-7-24(14)17(25)23-5-3-22(4-6-23)16-20-10-13(19)11-21-16/h1-2,9-11H,3-8H2. The summed E-state index contributed by atoms with van der Waals surface area (Å²) >= 11 is 6.00. The summed E-state index contributed by atoms with van der Waals surface area (Å²) in [6.45, 7) is 3.20. The van der Waals surface area contributed by atoms with Crippen molar-refractivity contribution >= 4 is 29.3 Å². The van der Waals surface area contributed by atoms with E-state index in [2.05, 4.69) is 9.97 Å². The van der Waals surface area contributed by atoms with Gasteiger partial charge in [0, 0.05) is 37.3 Å². The van der Waals surface area contributed by atoms with Gasteiger partial charge in [0.2, 0.25) is 5.95 Å². The van der Waals surface area contributed by atoms with Gasteiger partial charge in [-0.25, -0.2) is 19.2 Å². The molecule has 1 saturated heterocycles. The monoisotopic (exact) mass is 377 g/mol. The second kappa shape index (κ2) is 6.95. The van der Waals surface area contributed by atoms with Crippen LogP contribution < -0.4 is 14.5 Å². The van der Waals surface area contributed by atoms with E-state index in [4.69, 9.17) is 16.3 Å². The van der Waals surface area contributed by atoms with E-state index in [0.717, 1.165) is 18.1 Å². The second-order valence-electron chi connectivity index (χ2n) is 6.07. The van der Waals surface area contributed by atoms with E-state index < -0.39 is 5.82 Å². The molecule has 0 radical (unpaired) electrons. The van der Waals surface area contributed by atoms with Crippen molar-refractivity contribution < 1.29 is 13.9 Å². The van der Waals surface area contributed by atoms with Gasteiger partial charge in [0.1, 0.15) is 12.4 Å². The summed E-state index contributed by atoms with van der Waals surface area (Å²) in [6.07, 6.45) is 2.30. The van der Waals surface area contributed by atoms with Crippen molar-refractivity contribution in [2.24, 2.45) is 0 Å². The number of hydrogen-bond donors (Lipinski definition) is 0. The number of nitrogens with zero attached hydrogens (tertiary/aromatic N) is 5. The first kappa shape index (κ1) is 16.8. The average molecular weight is 378 g/mol. The number of amides is 2. The highest BCUT2D eigenvalue weighted by Crippen LogP contribution is 2.34. The van der Waals surface area contributed by atoms with E-state index in [-0.39, 0.29) is 6.03 Å². The van der Waals surface area contributed by atoms with Crippen LogP contribution in [0.5, 0.6) is 5.75 Å². The lowest BCUT2D eigenvalue weighted by molar-refractivity contribution is 0.196. The van der Waals surface area contributed by atoms with E-state index in [0.29, 0.717) is 56.1 Å². The Morgan fingerprint density at radius 3 is 2.58 bits per heavy atom. The molecular formula is C17H17ClFN5O2. The van der Waals surface area contributed by atoms with Crippen LogP contribution in [0.15, 0.2) is 30.6 Å². The smallest absolute Gasteiger partial charge is 0.324 e. The van der Waals surface area contributed by atoms with Gasteiger partial charge < -0.3 is 14.5 Å². The van der Waals surface area contributed by atoms with Crippen LogP contribution in [-0.2, 0) is 0 Å². The number of anilines is 2. The van der Waals surface area contributed by atoms with Gasteiger partial charge in [0.05, 0.1) is 24.6 Å². The van der Waals surface area contributed by atoms with Crippen molar-refractivity contribution in [3.63, 3.8) is 0 Å². The highest BCUT2D eigenvalue weighted by molar-refractivity contribution is 6.30. The van der Waals surface area contributed by atoms with Crippen LogP contribution in [0.3, 0.4) is 0 Å². The molecule has 9 heteroatoms. The zero-order valence-electron chi connectivity index (χ0n) is 13.9. The molecule has 3 heterocycles. The van der Waals surface area contributed by atoms with E-state index in [1.54, 1.807) is 28.0 Å². The molecule has 1 aromatic heterocycles. The van der Waals surface area contributed by atoms with Gasteiger partial charge in [-0.05, 0) is 12.1 Å². The Morgan fingerprint density at radius 2 is 1.85 bits per heavy atom. The summed E-state index contributed by atoms with van der Waals surface area (Å²) in [4.78, 5) is 26.4. The number of hydrogen-bond acceptors (Lipinski definition) is 5. The Morgan fingerprint density at radius 1 is 1.12 bits per heavy atom. The lowest BCUT2D eigenvalue weighted by atomic mass is 10.2. The molecule has 0 saturated carbocycles. The highest BCUT2D eigenvalue weighted by atomic mass is 35.5. The Balaban J connectivity index is 1.44. The fraction of sp³-hybridized carbons (Fsp3) is 0.353. The molecular weight excluding hydrogens is 361 g/mol. The Kier molecular flexibility index (Phi) is 4.50. The third-order valence-electron chi connectivity index (χ3n) is 4.46. The molecule has 0 unspecified atom stereocenters. The van der Waals surface area contributed by atoms with Crippen LogP contribution in [0.2, 0.25) is 5.02 Å². The summed E-state index contributed by atoms with van der Waals surface area (Å²) < 4.78 is 18.6. The molecule has 2 aliphatic rings. The number of carbonyl (C=O) groups is 1. The van der Waals surface area contributed by atoms with E-state index in [1.807, 2.05) is 4.90 Å². The molecule has 0 bridgehead atoms. The van der Waals surface area contributed by atoms with Gasteiger partial charge in [0.15, 0.2) is 5.82 Å². The van der Waals surface area contributed by atoms with Crippen LogP contribution in [0.25, 0.3) is 0 Å². The number of carbonyl (C=O) groups excluding carboxylic acids is 1. The number of urea groups is 1. The molecule has 2 amide bonds. The zero-order valence-corrected chi connectivity index (χ0v) is 14.7. The maximum absolute atomic E-state index is 13.0. The quantitative estimate of drug-likeness (QED) is 0.763. The van der Waals surface area contributed by atoms with Crippen LogP contribution in [0, 0.1) is 5.82 Å². The van der Waals surface area contributed by atoms with Crippen LogP contribution >= 0.6 is 11.6 Å². The summed E-state index contributed by atoms with van der Waals surface area (Å²) in [6, 6.07) is 5.22. The van der Waals surface area contributed by atoms with E-state index in [1.165, 1.54) is 0 Å². The molecule has 0 spiro atoms. The molecule has 136 valence electrons. The maximum Gasteiger partial charge on any atom is 0.324 e. The third kappa shape index (κ3) is 3.24. The first-order chi connectivity index (χ1) is 12.6. The number of ether oxygens (including phenoxy) is 1. The van der Waals surface area contributed by atoms with Gasteiger partial charge in [-0.3, -0.25) is 4.90 Å². The van der Waals surface area contributed by atoms with Gasteiger partial charge in [-0.15, -0.1) is 0 Å². The summed E-state index contributed by atoms with van der Waals surface area (Å²) in [5, 5.41) is 0.575. The molecule has 26 heavy (non-hydrogen) atoms. The largest absolute Gasteiger partial charge is 0.489 e. The third-order valence-corrected chi connectivity index (χ3v) is 4.69. The number of fused-ring (bicyclic) bond motifs is 1. The summed E-state index contributed by atoms with van der Waals surface area (Å²) in [7, 11) is 0. The van der Waals surface area contributed by atoms with Gasteiger partial charge >= 0.3 is 6.03 Å². The van der Waals surface area contributed by atoms with Crippen LogP contribution in [-0.4, -0.2) is 60.2 Å². The normalized spacial score (nSPS) is 16.9. The van der Waals surface area contributed by atoms with Crippen molar-refractivity contribution in [1.29, 1.82) is 0 Å². The molecule has 1 aromatic carbocycles. The Labute approximate surface area is 154 Å². The predicted octanol–water partition coefficient (Wildman–Crippen LogP) is 2.41. The molecule has 2 aliphatic heterocycles. The van der Waals surface area contributed by atoms with Crippen LogP contribution in [0.1, 0.15) is 0 Å². The highest BCUT2D eigenvalue weighted by Gasteiger charge is 2.30. The fourth-order valence-corrected chi connectivity index (χ4v) is 3.29. The average Bonchev–Trinajstić information content (AvgIpc) is 2.67. The first-order valence-electron chi connectivity index (χ1n) is 8.33. The van der Waals surface area contributed by atoms with E-state index in [9.17, 15) is 9.18 Å². The second-order valence-corrected chi connectivity index (χ2v) is 6.51. The molecule has 0 atom stereocenters. The fourth-order valence-electron chi connectivity index (χ4n) is 3.13. The number of aromatic nitrogens is 2. The maximum atomic E-state index is 13.0. The molecule has 0 aliphatic carbocycles. The Bertz CT molecular complexity index is 811. The number of rotatable bonds is 1.